The third-order valence-electron chi connectivity index (χ3n) is 2.30. The number of rotatable bonds is 5. The van der Waals surface area contributed by atoms with Crippen LogP contribution in [0.25, 0.3) is 0 Å². The molecule has 0 heterocycles. The molecule has 0 fully saturated rings. The van der Waals surface area contributed by atoms with Gasteiger partial charge in [0, 0.05) is 18.7 Å². The highest BCUT2D eigenvalue weighted by Crippen LogP contribution is 2.24. The molecule has 0 aromatic heterocycles. The number of nitrogens with zero attached hydrogens (tertiary/aromatic N) is 1. The highest BCUT2D eigenvalue weighted by Gasteiger charge is 2.17. The zero-order chi connectivity index (χ0) is 14.4. The number of anilines is 1. The minimum absolute atomic E-state index is 0.0644. The smallest absolute Gasteiger partial charge is 0.294 e. The molecule has 0 aliphatic rings. The Morgan fingerprint density at radius 3 is 2.63 bits per heavy atom. The summed E-state index contributed by atoms with van der Waals surface area (Å²) in [5, 5.41) is 15.4. The van der Waals surface area contributed by atoms with Crippen LogP contribution in [-0.4, -0.2) is 30.3 Å². The molecule has 0 aliphatic heterocycles. The Bertz CT molecular complexity index is 517. The Hall–Kier alpha value is -2.68. The second-order valence-electron chi connectivity index (χ2n) is 3.49. The maximum atomic E-state index is 11.7. The molecule has 9 heteroatoms. The molecule has 19 heavy (non-hydrogen) atoms. The number of benzene rings is 1. The summed E-state index contributed by atoms with van der Waals surface area (Å²) >= 11 is 0. The van der Waals surface area contributed by atoms with Gasteiger partial charge in [0.05, 0.1) is 11.5 Å². The minimum Gasteiger partial charge on any atom is -0.358 e. The third kappa shape index (κ3) is 3.64. The van der Waals surface area contributed by atoms with Gasteiger partial charge in [-0.2, -0.15) is 0 Å². The van der Waals surface area contributed by atoms with Crippen LogP contribution in [0.15, 0.2) is 18.2 Å². The molecule has 102 valence electrons. The molecule has 2 amide bonds. The normalized spacial score (nSPS) is 9.58. The lowest BCUT2D eigenvalue weighted by atomic mass is 10.1. The van der Waals surface area contributed by atoms with Crippen LogP contribution in [0.5, 0.6) is 0 Å². The molecule has 0 atom stereocenters. The summed E-state index contributed by atoms with van der Waals surface area (Å²) in [4.78, 5) is 32.8. The number of hydrogen-bond donors (Lipinski definition) is 4. The van der Waals surface area contributed by atoms with Crippen LogP contribution < -0.4 is 21.9 Å². The predicted molar refractivity (Wildman–Crippen MR) is 67.3 cm³/mol. The summed E-state index contributed by atoms with van der Waals surface area (Å²) in [6.45, 7) is -0.208. The van der Waals surface area contributed by atoms with E-state index in [2.05, 4.69) is 16.1 Å². The summed E-state index contributed by atoms with van der Waals surface area (Å²) in [5.74, 6) is 4.16. The number of nitro benzene ring substituents is 1. The first-order chi connectivity index (χ1) is 8.99. The van der Waals surface area contributed by atoms with Gasteiger partial charge in [-0.05, 0) is 12.1 Å². The van der Waals surface area contributed by atoms with E-state index in [1.807, 2.05) is 0 Å². The molecule has 0 unspecified atom stereocenters. The summed E-state index contributed by atoms with van der Waals surface area (Å²) in [6.07, 6.45) is 0. The lowest BCUT2D eigenvalue weighted by molar-refractivity contribution is -0.384. The largest absolute Gasteiger partial charge is 0.358 e. The third-order valence-corrected chi connectivity index (χ3v) is 2.30. The topological polar surface area (TPSA) is 139 Å². The molecule has 1 aromatic carbocycles. The van der Waals surface area contributed by atoms with Crippen molar-refractivity contribution < 1.29 is 14.5 Å². The zero-order valence-corrected chi connectivity index (χ0v) is 10.1. The van der Waals surface area contributed by atoms with Gasteiger partial charge >= 0.3 is 0 Å². The fraction of sp³-hybridized carbons (Fsp3) is 0.200. The fourth-order valence-corrected chi connectivity index (χ4v) is 1.30. The lowest BCUT2D eigenvalue weighted by Crippen LogP contribution is -2.35. The molecule has 1 aromatic rings. The maximum Gasteiger partial charge on any atom is 0.294 e. The quantitative estimate of drug-likeness (QED) is 0.318. The number of nitrogen functional groups attached to an aromatic ring is 1. The van der Waals surface area contributed by atoms with Gasteiger partial charge in [-0.15, -0.1) is 0 Å². The summed E-state index contributed by atoms with van der Waals surface area (Å²) in [5.41, 5.74) is 2.00. The second-order valence-corrected chi connectivity index (χ2v) is 3.49. The van der Waals surface area contributed by atoms with Gasteiger partial charge in [-0.25, -0.2) is 0 Å². The second kappa shape index (κ2) is 6.31. The average molecular weight is 267 g/mol. The lowest BCUT2D eigenvalue weighted by Gasteiger charge is -2.06. The molecular weight excluding hydrogens is 254 g/mol. The fourth-order valence-electron chi connectivity index (χ4n) is 1.30. The van der Waals surface area contributed by atoms with E-state index in [0.717, 1.165) is 6.07 Å². The van der Waals surface area contributed by atoms with Gasteiger partial charge in [-0.3, -0.25) is 25.5 Å². The number of carbonyl (C=O) groups is 2. The Balaban J connectivity index is 2.89. The molecule has 0 bridgehead atoms. The van der Waals surface area contributed by atoms with E-state index in [4.69, 9.17) is 5.84 Å². The monoisotopic (exact) mass is 267 g/mol. The Kier molecular flexibility index (Phi) is 4.77. The first-order valence-corrected chi connectivity index (χ1v) is 5.23. The number of nitrogens with one attached hydrogen (secondary N) is 3. The van der Waals surface area contributed by atoms with Crippen molar-refractivity contribution in [2.75, 3.05) is 19.0 Å². The predicted octanol–water partition coefficient (Wildman–Crippen LogP) is -0.644. The van der Waals surface area contributed by atoms with Crippen molar-refractivity contribution >= 4 is 23.2 Å². The summed E-state index contributed by atoms with van der Waals surface area (Å²) in [7, 11) is 1.43. The molecule has 0 saturated carbocycles. The van der Waals surface area contributed by atoms with Crippen molar-refractivity contribution in [3.63, 3.8) is 0 Å². The number of carbonyl (C=O) groups excluding carboxylic acids is 2. The van der Waals surface area contributed by atoms with Crippen LogP contribution >= 0.6 is 0 Å². The van der Waals surface area contributed by atoms with E-state index in [1.54, 1.807) is 0 Å². The maximum absolute atomic E-state index is 11.7. The van der Waals surface area contributed by atoms with E-state index in [9.17, 15) is 19.7 Å². The average Bonchev–Trinajstić information content (AvgIpc) is 2.43. The van der Waals surface area contributed by atoms with Gasteiger partial charge in [0.1, 0.15) is 5.69 Å². The van der Waals surface area contributed by atoms with Crippen LogP contribution in [0.4, 0.5) is 11.4 Å². The number of amides is 2. The first-order valence-electron chi connectivity index (χ1n) is 5.23. The zero-order valence-electron chi connectivity index (χ0n) is 10.1. The van der Waals surface area contributed by atoms with Crippen molar-refractivity contribution in [2.45, 2.75) is 0 Å². The molecule has 1 rings (SSSR count). The Morgan fingerprint density at radius 1 is 1.42 bits per heavy atom. The van der Waals surface area contributed by atoms with Crippen molar-refractivity contribution in [1.82, 2.24) is 10.6 Å². The number of nitro groups is 1. The number of hydrazine groups is 1. The molecule has 0 aliphatic carbocycles. The minimum atomic E-state index is -0.662. The van der Waals surface area contributed by atoms with Crippen LogP contribution in [0.1, 0.15) is 10.4 Å². The van der Waals surface area contributed by atoms with Crippen molar-refractivity contribution in [3.8, 4) is 0 Å². The highest BCUT2D eigenvalue weighted by atomic mass is 16.6. The van der Waals surface area contributed by atoms with Gasteiger partial charge < -0.3 is 16.1 Å². The van der Waals surface area contributed by atoms with Crippen LogP contribution in [-0.2, 0) is 4.79 Å². The standard InChI is InChI=1S/C10H13N5O4/c1-12-9(16)5-13-10(17)6-2-3-7(14-11)8(4-6)15(18)19/h2-4,14H,5,11H2,1H3,(H,12,16)(H,13,17). The van der Waals surface area contributed by atoms with Crippen LogP contribution in [0.3, 0.4) is 0 Å². The van der Waals surface area contributed by atoms with E-state index in [0.29, 0.717) is 0 Å². The van der Waals surface area contributed by atoms with Crippen molar-refractivity contribution in [1.29, 1.82) is 0 Å². The molecule has 0 spiro atoms. The van der Waals surface area contributed by atoms with Crippen LogP contribution in [0, 0.1) is 10.1 Å². The van der Waals surface area contributed by atoms with Gasteiger partial charge in [-0.1, -0.05) is 0 Å². The molecule has 0 radical (unpaired) electrons. The summed E-state index contributed by atoms with van der Waals surface area (Å²) in [6, 6.07) is 3.75. The molecular formula is C10H13N5O4. The molecule has 9 nitrogen and oxygen atoms in total. The number of likely N-dealkylation sites (N-methyl/N-ethyl adjacent to an activating group) is 1. The Labute approximate surface area is 108 Å². The number of hydrogen-bond acceptors (Lipinski definition) is 6. The highest BCUT2D eigenvalue weighted by molar-refractivity contribution is 5.97. The van der Waals surface area contributed by atoms with E-state index < -0.39 is 10.8 Å². The van der Waals surface area contributed by atoms with Gasteiger partial charge in [0.25, 0.3) is 11.6 Å². The van der Waals surface area contributed by atoms with Crippen molar-refractivity contribution in [3.05, 3.63) is 33.9 Å². The van der Waals surface area contributed by atoms with Gasteiger partial charge in [0.15, 0.2) is 0 Å². The van der Waals surface area contributed by atoms with E-state index in [-0.39, 0.29) is 29.4 Å². The van der Waals surface area contributed by atoms with Gasteiger partial charge in [0.2, 0.25) is 5.91 Å². The summed E-state index contributed by atoms with van der Waals surface area (Å²) < 4.78 is 0. The molecule has 0 saturated heterocycles. The SMILES string of the molecule is CNC(=O)CNC(=O)c1ccc(NN)c([N+](=O)[O-])c1. The van der Waals surface area contributed by atoms with E-state index >= 15 is 0 Å². The van der Waals surface area contributed by atoms with Crippen molar-refractivity contribution in [2.24, 2.45) is 5.84 Å². The Morgan fingerprint density at radius 2 is 2.11 bits per heavy atom. The van der Waals surface area contributed by atoms with Crippen LogP contribution in [0.2, 0.25) is 0 Å². The first kappa shape index (κ1) is 14.4. The molecule has 5 N–H and O–H groups in total. The number of nitrogens with two attached hydrogens (primary N) is 1. The van der Waals surface area contributed by atoms with E-state index in [1.165, 1.54) is 19.2 Å².